The molecule has 1 saturated heterocycles. The van der Waals surface area contributed by atoms with Crippen molar-refractivity contribution in [2.75, 3.05) is 19.6 Å². The van der Waals surface area contributed by atoms with E-state index in [1.807, 2.05) is 24.3 Å². The van der Waals surface area contributed by atoms with Gasteiger partial charge in [0.25, 0.3) is 0 Å². The Bertz CT molecular complexity index is 459. The maximum Gasteiger partial charge on any atom is 0.226 e. The highest BCUT2D eigenvalue weighted by molar-refractivity contribution is 6.30. The quantitative estimate of drug-likeness (QED) is 0.737. The summed E-state index contributed by atoms with van der Waals surface area (Å²) in [5.41, 5.74) is 1.16. The fourth-order valence-corrected chi connectivity index (χ4v) is 3.08. The van der Waals surface area contributed by atoms with E-state index < -0.39 is 0 Å². The molecular formula is C18H28Cl2N2O. The molecule has 1 amide bonds. The molecule has 1 aliphatic rings. The fourth-order valence-electron chi connectivity index (χ4n) is 2.96. The van der Waals surface area contributed by atoms with Crippen LogP contribution in [0.3, 0.4) is 0 Å². The van der Waals surface area contributed by atoms with E-state index in [2.05, 4.69) is 17.1 Å². The molecule has 0 aromatic heterocycles. The third-order valence-electron chi connectivity index (χ3n) is 4.32. The Morgan fingerprint density at radius 2 is 1.87 bits per heavy atom. The molecule has 1 heterocycles. The Hall–Kier alpha value is -0.770. The summed E-state index contributed by atoms with van der Waals surface area (Å²) >= 11 is 5.95. The van der Waals surface area contributed by atoms with E-state index in [9.17, 15) is 4.79 Å². The average molecular weight is 359 g/mol. The zero-order valence-electron chi connectivity index (χ0n) is 13.9. The van der Waals surface area contributed by atoms with Crippen molar-refractivity contribution < 1.29 is 4.79 Å². The van der Waals surface area contributed by atoms with E-state index in [0.29, 0.717) is 12.5 Å². The Balaban J connectivity index is 0.00000264. The van der Waals surface area contributed by atoms with Crippen LogP contribution in [0.4, 0.5) is 0 Å². The first kappa shape index (κ1) is 20.3. The number of nitrogens with one attached hydrogen (secondary N) is 1. The first-order chi connectivity index (χ1) is 10.7. The topological polar surface area (TPSA) is 32.3 Å². The lowest BCUT2D eigenvalue weighted by molar-refractivity contribution is -0.137. The molecule has 1 fully saturated rings. The van der Waals surface area contributed by atoms with Crippen molar-refractivity contribution in [1.29, 1.82) is 0 Å². The highest BCUT2D eigenvalue weighted by Gasteiger charge is 2.25. The van der Waals surface area contributed by atoms with Crippen LogP contribution >= 0.6 is 24.0 Å². The van der Waals surface area contributed by atoms with Gasteiger partial charge in [-0.15, -0.1) is 12.4 Å². The number of halogens is 2. The summed E-state index contributed by atoms with van der Waals surface area (Å²) in [5, 5.41) is 4.07. The van der Waals surface area contributed by atoms with Crippen LogP contribution in [-0.4, -0.2) is 30.4 Å². The average Bonchev–Trinajstić information content (AvgIpc) is 2.56. The summed E-state index contributed by atoms with van der Waals surface area (Å²) in [7, 11) is 0. The van der Waals surface area contributed by atoms with Gasteiger partial charge >= 0.3 is 0 Å². The van der Waals surface area contributed by atoms with Crippen molar-refractivity contribution in [3.05, 3.63) is 34.9 Å². The lowest BCUT2D eigenvalue weighted by Crippen LogP contribution is -2.41. The minimum Gasteiger partial charge on any atom is -0.338 e. The van der Waals surface area contributed by atoms with E-state index in [1.54, 1.807) is 0 Å². The number of carbonyl (C=O) groups excluding carboxylic acids is 1. The zero-order valence-corrected chi connectivity index (χ0v) is 15.5. The molecule has 23 heavy (non-hydrogen) atoms. The smallest absolute Gasteiger partial charge is 0.226 e. The van der Waals surface area contributed by atoms with E-state index >= 15 is 0 Å². The molecule has 3 nitrogen and oxygen atoms in total. The molecule has 0 spiro atoms. The van der Waals surface area contributed by atoms with Gasteiger partial charge in [0.15, 0.2) is 0 Å². The number of amides is 1. The molecule has 0 unspecified atom stereocenters. The lowest BCUT2D eigenvalue weighted by Gasteiger charge is -2.30. The van der Waals surface area contributed by atoms with Crippen molar-refractivity contribution in [3.63, 3.8) is 0 Å². The van der Waals surface area contributed by atoms with Crippen LogP contribution in [0.25, 0.3) is 0 Å². The van der Waals surface area contributed by atoms with Crippen molar-refractivity contribution in [1.82, 2.24) is 10.2 Å². The molecule has 0 aliphatic carbocycles. The second kappa shape index (κ2) is 10.9. The van der Waals surface area contributed by atoms with Crippen molar-refractivity contribution in [3.8, 4) is 0 Å². The van der Waals surface area contributed by atoms with E-state index in [0.717, 1.165) is 49.5 Å². The van der Waals surface area contributed by atoms with Crippen LogP contribution < -0.4 is 5.32 Å². The summed E-state index contributed by atoms with van der Waals surface area (Å²) in [6, 6.07) is 7.84. The molecular weight excluding hydrogens is 331 g/mol. The van der Waals surface area contributed by atoms with Gasteiger partial charge < -0.3 is 10.2 Å². The molecule has 1 N–H and O–H groups in total. The van der Waals surface area contributed by atoms with Gasteiger partial charge in [-0.2, -0.15) is 0 Å². The normalized spacial score (nSPS) is 15.0. The first-order valence-corrected chi connectivity index (χ1v) is 8.82. The predicted molar refractivity (Wildman–Crippen MR) is 99.2 cm³/mol. The highest BCUT2D eigenvalue weighted by Crippen LogP contribution is 2.19. The zero-order chi connectivity index (χ0) is 15.8. The van der Waals surface area contributed by atoms with Crippen LogP contribution in [0.2, 0.25) is 5.02 Å². The molecule has 1 aliphatic heterocycles. The van der Waals surface area contributed by atoms with Gasteiger partial charge in [-0.3, -0.25) is 4.79 Å². The number of carbonyl (C=O) groups is 1. The minimum atomic E-state index is 0. The monoisotopic (exact) mass is 358 g/mol. The summed E-state index contributed by atoms with van der Waals surface area (Å²) in [6.45, 7) is 5.67. The Morgan fingerprint density at radius 3 is 2.48 bits per heavy atom. The Kier molecular flexibility index (Phi) is 9.61. The third-order valence-corrected chi connectivity index (χ3v) is 4.57. The molecule has 1 aromatic carbocycles. The van der Waals surface area contributed by atoms with Crippen LogP contribution in [0.15, 0.2) is 24.3 Å². The Morgan fingerprint density at radius 1 is 1.22 bits per heavy atom. The van der Waals surface area contributed by atoms with Crippen LogP contribution in [-0.2, 0) is 11.3 Å². The summed E-state index contributed by atoms with van der Waals surface area (Å²) in [4.78, 5) is 14.9. The maximum atomic E-state index is 12.8. The highest BCUT2D eigenvalue weighted by atomic mass is 35.5. The van der Waals surface area contributed by atoms with Gasteiger partial charge in [-0.1, -0.05) is 43.5 Å². The van der Waals surface area contributed by atoms with E-state index in [1.165, 1.54) is 12.8 Å². The van der Waals surface area contributed by atoms with Crippen molar-refractivity contribution in [2.45, 2.75) is 45.6 Å². The van der Waals surface area contributed by atoms with Gasteiger partial charge in [-0.25, -0.2) is 0 Å². The molecule has 0 saturated carbocycles. The van der Waals surface area contributed by atoms with Crippen LogP contribution in [0.1, 0.15) is 44.6 Å². The van der Waals surface area contributed by atoms with E-state index in [-0.39, 0.29) is 18.3 Å². The SMILES string of the molecule is CCCCCN(Cc1ccc(Cl)cc1)C(=O)C1CCNCC1.Cl. The number of unbranched alkanes of at least 4 members (excludes halogenated alkanes) is 2. The molecule has 2 rings (SSSR count). The van der Waals surface area contributed by atoms with Crippen LogP contribution in [0.5, 0.6) is 0 Å². The fraction of sp³-hybridized carbons (Fsp3) is 0.611. The molecule has 0 atom stereocenters. The largest absolute Gasteiger partial charge is 0.338 e. The number of benzene rings is 1. The number of nitrogens with zero attached hydrogens (tertiary/aromatic N) is 1. The molecule has 130 valence electrons. The second-order valence-electron chi connectivity index (χ2n) is 6.12. The Labute approximate surface area is 151 Å². The van der Waals surface area contributed by atoms with Crippen molar-refractivity contribution >= 4 is 29.9 Å². The second-order valence-corrected chi connectivity index (χ2v) is 6.55. The third kappa shape index (κ3) is 6.70. The van der Waals surface area contributed by atoms with E-state index in [4.69, 9.17) is 11.6 Å². The number of hydrogen-bond donors (Lipinski definition) is 1. The number of rotatable bonds is 7. The standard InChI is InChI=1S/C18H27ClN2O.ClH/c1-2-3-4-13-21(14-15-5-7-17(19)8-6-15)18(22)16-9-11-20-12-10-16;/h5-8,16,20H,2-4,9-14H2,1H3;1H. The summed E-state index contributed by atoms with van der Waals surface area (Å²) < 4.78 is 0. The van der Waals surface area contributed by atoms with Crippen molar-refractivity contribution in [2.24, 2.45) is 5.92 Å². The predicted octanol–water partition coefficient (Wildman–Crippen LogP) is 4.28. The van der Waals surface area contributed by atoms with Gasteiger partial charge in [0.1, 0.15) is 0 Å². The van der Waals surface area contributed by atoms with Gasteiger partial charge in [0, 0.05) is 24.0 Å². The maximum absolute atomic E-state index is 12.8. The van der Waals surface area contributed by atoms with Gasteiger partial charge in [-0.05, 0) is 50.0 Å². The molecule has 5 heteroatoms. The van der Waals surface area contributed by atoms with Gasteiger partial charge in [0.05, 0.1) is 0 Å². The lowest BCUT2D eigenvalue weighted by atomic mass is 9.96. The molecule has 0 radical (unpaired) electrons. The number of piperidine rings is 1. The molecule has 1 aromatic rings. The molecule has 0 bridgehead atoms. The van der Waals surface area contributed by atoms with Crippen LogP contribution in [0, 0.1) is 5.92 Å². The summed E-state index contributed by atoms with van der Waals surface area (Å²) in [5.74, 6) is 0.516. The minimum absolute atomic E-state index is 0. The number of hydrogen-bond acceptors (Lipinski definition) is 2. The van der Waals surface area contributed by atoms with Gasteiger partial charge in [0.2, 0.25) is 5.91 Å². The summed E-state index contributed by atoms with van der Waals surface area (Å²) in [6.07, 6.45) is 5.36. The first-order valence-electron chi connectivity index (χ1n) is 8.44.